The summed E-state index contributed by atoms with van der Waals surface area (Å²) in [6.07, 6.45) is 1.42. The average Bonchev–Trinajstić information content (AvgIpc) is 2.97. The van der Waals surface area contributed by atoms with Crippen molar-refractivity contribution < 1.29 is 14.7 Å². The monoisotopic (exact) mass is 313 g/mol. The molecule has 3 aliphatic rings. The quantitative estimate of drug-likeness (QED) is 0.766. The van der Waals surface area contributed by atoms with Crippen LogP contribution in [0, 0.1) is 0 Å². The van der Waals surface area contributed by atoms with E-state index in [4.69, 9.17) is 5.11 Å². The first-order chi connectivity index (χ1) is 10.0. The number of rotatable bonds is 3. The summed E-state index contributed by atoms with van der Waals surface area (Å²) >= 11 is 1.74. The second-order valence-corrected chi connectivity index (χ2v) is 7.66. The zero-order chi connectivity index (χ0) is 15.0. The Kier molecular flexibility index (Phi) is 4.16. The molecular weight excluding hydrogens is 290 g/mol. The highest BCUT2D eigenvalue weighted by Crippen LogP contribution is 2.47. The molecular formula is C14H23N3O3S. The lowest BCUT2D eigenvalue weighted by molar-refractivity contribution is -0.144. The highest BCUT2D eigenvalue weighted by Gasteiger charge is 2.53. The lowest BCUT2D eigenvalue weighted by Crippen LogP contribution is -2.56. The van der Waals surface area contributed by atoms with E-state index in [0.717, 1.165) is 25.3 Å². The molecule has 3 aliphatic heterocycles. The van der Waals surface area contributed by atoms with Crippen LogP contribution in [0.15, 0.2) is 0 Å². The molecule has 21 heavy (non-hydrogen) atoms. The minimum Gasteiger partial charge on any atom is -0.395 e. The van der Waals surface area contributed by atoms with E-state index < -0.39 is 0 Å². The molecule has 3 fully saturated rings. The summed E-state index contributed by atoms with van der Waals surface area (Å²) < 4.78 is 0. The summed E-state index contributed by atoms with van der Waals surface area (Å²) in [7, 11) is 0. The third-order valence-electron chi connectivity index (χ3n) is 4.83. The Balaban J connectivity index is 1.63. The van der Waals surface area contributed by atoms with Gasteiger partial charge in [-0.05, 0) is 13.3 Å². The number of β-amino-alcohol motifs (C(OH)–C–C–N with tert-alkyl or cyclic N) is 1. The minimum absolute atomic E-state index is 0.102. The van der Waals surface area contributed by atoms with Gasteiger partial charge in [-0.3, -0.25) is 14.5 Å². The Bertz CT molecular complexity index is 439. The van der Waals surface area contributed by atoms with Crippen LogP contribution < -0.4 is 0 Å². The van der Waals surface area contributed by atoms with Crippen LogP contribution in [0.25, 0.3) is 0 Å². The van der Waals surface area contributed by atoms with Gasteiger partial charge in [0.05, 0.1) is 11.5 Å². The Morgan fingerprint density at radius 3 is 2.76 bits per heavy atom. The zero-order valence-corrected chi connectivity index (χ0v) is 13.3. The number of fused-ring (bicyclic) bond motifs is 1. The first kappa shape index (κ1) is 15.1. The number of carbonyl (C=O) groups is 2. The lowest BCUT2D eigenvalue weighted by atomic mass is 10.2. The highest BCUT2D eigenvalue weighted by molar-refractivity contribution is 8.01. The number of piperazine rings is 1. The van der Waals surface area contributed by atoms with Gasteiger partial charge in [0.25, 0.3) is 0 Å². The van der Waals surface area contributed by atoms with Crippen molar-refractivity contribution in [3.63, 3.8) is 0 Å². The third kappa shape index (κ3) is 2.66. The second kappa shape index (κ2) is 5.78. The number of hydrogen-bond acceptors (Lipinski definition) is 5. The Hall–Kier alpha value is -0.790. The summed E-state index contributed by atoms with van der Waals surface area (Å²) in [6, 6.07) is -0.278. The van der Waals surface area contributed by atoms with Crippen molar-refractivity contribution in [2.24, 2.45) is 0 Å². The maximum absolute atomic E-state index is 12.7. The maximum Gasteiger partial charge on any atom is 0.246 e. The standard InChI is InChI=1S/C14H23N3O3S/c1-14-3-2-12(19)17(14)11(10-21-14)13(20)16-6-4-15(5-7-16)8-9-18/h11,18H,2-10H2,1H3. The largest absolute Gasteiger partial charge is 0.395 e. The normalized spacial score (nSPS) is 33.6. The van der Waals surface area contributed by atoms with Gasteiger partial charge in [0.2, 0.25) is 11.8 Å². The molecule has 3 saturated heterocycles. The van der Waals surface area contributed by atoms with Gasteiger partial charge in [0.1, 0.15) is 6.04 Å². The Labute approximate surface area is 129 Å². The van der Waals surface area contributed by atoms with Crippen molar-refractivity contribution in [1.82, 2.24) is 14.7 Å². The fourth-order valence-corrected chi connectivity index (χ4v) is 4.97. The van der Waals surface area contributed by atoms with Crippen LogP contribution in [0.1, 0.15) is 19.8 Å². The van der Waals surface area contributed by atoms with E-state index in [1.165, 1.54) is 0 Å². The Morgan fingerprint density at radius 1 is 1.38 bits per heavy atom. The van der Waals surface area contributed by atoms with Gasteiger partial charge in [0.15, 0.2) is 0 Å². The molecule has 6 nitrogen and oxygen atoms in total. The Morgan fingerprint density at radius 2 is 2.10 bits per heavy atom. The number of hydrogen-bond donors (Lipinski definition) is 1. The summed E-state index contributed by atoms with van der Waals surface area (Å²) in [6.45, 7) is 5.90. The summed E-state index contributed by atoms with van der Waals surface area (Å²) in [4.78, 5) is 30.6. The van der Waals surface area contributed by atoms with Gasteiger partial charge < -0.3 is 14.9 Å². The van der Waals surface area contributed by atoms with Gasteiger partial charge >= 0.3 is 0 Å². The van der Waals surface area contributed by atoms with Crippen LogP contribution >= 0.6 is 11.8 Å². The number of thioether (sulfide) groups is 1. The smallest absolute Gasteiger partial charge is 0.246 e. The number of aliphatic hydroxyl groups excluding tert-OH is 1. The van der Waals surface area contributed by atoms with Crippen LogP contribution in [0.3, 0.4) is 0 Å². The summed E-state index contributed by atoms with van der Waals surface area (Å²) in [5.74, 6) is 0.947. The molecule has 0 spiro atoms. The molecule has 0 aromatic carbocycles. The molecule has 2 unspecified atom stereocenters. The summed E-state index contributed by atoms with van der Waals surface area (Å²) in [5, 5.41) is 8.96. The molecule has 0 bridgehead atoms. The molecule has 0 aliphatic carbocycles. The van der Waals surface area contributed by atoms with Crippen molar-refractivity contribution in [1.29, 1.82) is 0 Å². The van der Waals surface area contributed by atoms with Crippen molar-refractivity contribution in [3.8, 4) is 0 Å². The van der Waals surface area contributed by atoms with Crippen LogP contribution in [0.5, 0.6) is 0 Å². The summed E-state index contributed by atoms with van der Waals surface area (Å²) in [5.41, 5.74) is 0. The number of aliphatic hydroxyl groups is 1. The van der Waals surface area contributed by atoms with Gasteiger partial charge in [0, 0.05) is 44.9 Å². The molecule has 118 valence electrons. The van der Waals surface area contributed by atoms with E-state index >= 15 is 0 Å². The van der Waals surface area contributed by atoms with Gasteiger partial charge in [-0.1, -0.05) is 0 Å². The molecule has 0 radical (unpaired) electrons. The van der Waals surface area contributed by atoms with E-state index in [9.17, 15) is 9.59 Å². The first-order valence-corrected chi connectivity index (χ1v) is 8.62. The van der Waals surface area contributed by atoms with E-state index in [2.05, 4.69) is 11.8 Å². The predicted octanol–water partition coefficient (Wildman–Crippen LogP) is -0.423. The lowest BCUT2D eigenvalue weighted by Gasteiger charge is -2.37. The number of amides is 2. The predicted molar refractivity (Wildman–Crippen MR) is 80.8 cm³/mol. The van der Waals surface area contributed by atoms with Gasteiger partial charge in [-0.2, -0.15) is 0 Å². The van der Waals surface area contributed by atoms with Crippen molar-refractivity contribution in [2.45, 2.75) is 30.7 Å². The zero-order valence-electron chi connectivity index (χ0n) is 12.5. The van der Waals surface area contributed by atoms with Crippen molar-refractivity contribution >= 4 is 23.6 Å². The van der Waals surface area contributed by atoms with Crippen molar-refractivity contribution in [2.75, 3.05) is 45.1 Å². The first-order valence-electron chi connectivity index (χ1n) is 7.63. The van der Waals surface area contributed by atoms with E-state index in [1.54, 1.807) is 11.8 Å². The van der Waals surface area contributed by atoms with Gasteiger partial charge in [-0.15, -0.1) is 11.8 Å². The van der Waals surface area contributed by atoms with Crippen LogP contribution in [0.4, 0.5) is 0 Å². The fraction of sp³-hybridized carbons (Fsp3) is 0.857. The molecule has 1 N–H and O–H groups in total. The van der Waals surface area contributed by atoms with Crippen LogP contribution in [0.2, 0.25) is 0 Å². The third-order valence-corrected chi connectivity index (χ3v) is 6.34. The molecule has 2 amide bonds. The molecule has 7 heteroatoms. The average molecular weight is 313 g/mol. The number of nitrogens with zero attached hydrogens (tertiary/aromatic N) is 3. The van der Waals surface area contributed by atoms with Crippen molar-refractivity contribution in [3.05, 3.63) is 0 Å². The maximum atomic E-state index is 12.7. The second-order valence-electron chi connectivity index (χ2n) is 6.16. The topological polar surface area (TPSA) is 64.1 Å². The molecule has 3 rings (SSSR count). The fourth-order valence-electron chi connectivity index (χ4n) is 3.55. The van der Waals surface area contributed by atoms with Gasteiger partial charge in [-0.25, -0.2) is 0 Å². The number of carbonyl (C=O) groups excluding carboxylic acids is 2. The molecule has 0 saturated carbocycles. The van der Waals surface area contributed by atoms with E-state index in [0.29, 0.717) is 26.1 Å². The van der Waals surface area contributed by atoms with E-state index in [-0.39, 0.29) is 29.3 Å². The highest BCUT2D eigenvalue weighted by atomic mass is 32.2. The molecule has 0 aromatic heterocycles. The van der Waals surface area contributed by atoms with Crippen LogP contribution in [-0.2, 0) is 9.59 Å². The molecule has 3 heterocycles. The minimum atomic E-state index is -0.278. The van der Waals surface area contributed by atoms with Crippen LogP contribution in [-0.4, -0.2) is 87.6 Å². The molecule has 2 atom stereocenters. The molecule has 0 aromatic rings. The van der Waals surface area contributed by atoms with E-state index in [1.807, 2.05) is 9.80 Å². The SMILES string of the molecule is CC12CCC(=O)N1C(C(=O)N1CCN(CCO)CC1)CS2.